The molecule has 19 heavy (non-hydrogen) atoms. The lowest BCUT2D eigenvalue weighted by Crippen LogP contribution is -2.46. The maximum atomic E-state index is 4.25. The van der Waals surface area contributed by atoms with Crippen molar-refractivity contribution < 1.29 is 0 Å². The number of rotatable bonds is 5. The Bertz CT molecular complexity index is 427. The molecular weight excluding hydrogens is 240 g/mol. The zero-order valence-corrected chi connectivity index (χ0v) is 12.1. The predicted octanol–water partition coefficient (Wildman–Crippen LogP) is 1.06. The number of nitrogens with zero attached hydrogens (tertiary/aromatic N) is 4. The Kier molecular flexibility index (Phi) is 4.39. The maximum absolute atomic E-state index is 4.25. The van der Waals surface area contributed by atoms with Crippen LogP contribution in [0.3, 0.4) is 0 Å². The highest BCUT2D eigenvalue weighted by molar-refractivity contribution is 5.79. The second-order valence-corrected chi connectivity index (χ2v) is 5.34. The smallest absolute Gasteiger partial charge is 0.191 e. The first-order valence-electron chi connectivity index (χ1n) is 6.96. The minimum Gasteiger partial charge on any atom is -0.356 e. The lowest BCUT2D eigenvalue weighted by atomic mass is 9.67. The normalized spacial score (nSPS) is 17.9. The standard InChI is InChI=1S/C13H24N6/c1-4-13(6-5-7-13)9-16-12(14-2)15-8-11-18-17-10-19(11)3/h10H,4-9H2,1-3H3,(H2,14,15,16). The Morgan fingerprint density at radius 3 is 2.74 bits per heavy atom. The van der Waals surface area contributed by atoms with Crippen molar-refractivity contribution in [2.45, 2.75) is 39.2 Å². The summed E-state index contributed by atoms with van der Waals surface area (Å²) >= 11 is 0. The van der Waals surface area contributed by atoms with Crippen molar-refractivity contribution in [1.29, 1.82) is 0 Å². The van der Waals surface area contributed by atoms with Crippen LogP contribution in [0.15, 0.2) is 11.3 Å². The zero-order chi connectivity index (χ0) is 13.7. The quantitative estimate of drug-likeness (QED) is 0.616. The Labute approximate surface area is 114 Å². The second kappa shape index (κ2) is 6.04. The Morgan fingerprint density at radius 2 is 2.26 bits per heavy atom. The number of aryl methyl sites for hydroxylation is 1. The van der Waals surface area contributed by atoms with E-state index in [0.29, 0.717) is 12.0 Å². The first-order valence-corrected chi connectivity index (χ1v) is 6.96. The molecule has 0 aliphatic heterocycles. The molecule has 0 saturated heterocycles. The van der Waals surface area contributed by atoms with Crippen LogP contribution >= 0.6 is 0 Å². The molecule has 1 aromatic heterocycles. The highest BCUT2D eigenvalue weighted by Crippen LogP contribution is 2.42. The van der Waals surface area contributed by atoms with Crippen molar-refractivity contribution >= 4 is 5.96 Å². The average molecular weight is 264 g/mol. The number of aromatic nitrogens is 3. The van der Waals surface area contributed by atoms with Gasteiger partial charge < -0.3 is 15.2 Å². The van der Waals surface area contributed by atoms with Crippen LogP contribution in [-0.4, -0.2) is 34.3 Å². The van der Waals surface area contributed by atoms with Gasteiger partial charge in [-0.2, -0.15) is 0 Å². The van der Waals surface area contributed by atoms with Gasteiger partial charge in [-0.05, 0) is 24.7 Å². The lowest BCUT2D eigenvalue weighted by molar-refractivity contribution is 0.131. The summed E-state index contributed by atoms with van der Waals surface area (Å²) in [5, 5.41) is 14.6. The van der Waals surface area contributed by atoms with Crippen molar-refractivity contribution in [3.05, 3.63) is 12.2 Å². The summed E-state index contributed by atoms with van der Waals surface area (Å²) in [5.41, 5.74) is 0.488. The number of hydrogen-bond acceptors (Lipinski definition) is 3. The van der Waals surface area contributed by atoms with Crippen molar-refractivity contribution in [2.24, 2.45) is 17.5 Å². The van der Waals surface area contributed by atoms with Gasteiger partial charge in [-0.25, -0.2) is 0 Å². The van der Waals surface area contributed by atoms with Gasteiger partial charge in [0.25, 0.3) is 0 Å². The molecular formula is C13H24N6. The molecule has 1 aliphatic rings. The molecule has 0 atom stereocenters. The van der Waals surface area contributed by atoms with Gasteiger partial charge in [-0.3, -0.25) is 4.99 Å². The van der Waals surface area contributed by atoms with Gasteiger partial charge in [-0.1, -0.05) is 13.3 Å². The molecule has 0 unspecified atom stereocenters. The van der Waals surface area contributed by atoms with Gasteiger partial charge in [0.15, 0.2) is 11.8 Å². The molecule has 0 radical (unpaired) electrons. The van der Waals surface area contributed by atoms with Crippen LogP contribution in [0.5, 0.6) is 0 Å². The topological polar surface area (TPSA) is 67.1 Å². The minimum absolute atomic E-state index is 0.488. The SMILES string of the molecule is CCC1(CNC(=NC)NCc2nncn2C)CCC1. The molecule has 0 spiro atoms. The zero-order valence-electron chi connectivity index (χ0n) is 12.1. The van der Waals surface area contributed by atoms with Crippen molar-refractivity contribution in [3.63, 3.8) is 0 Å². The van der Waals surface area contributed by atoms with Crippen LogP contribution < -0.4 is 10.6 Å². The largest absolute Gasteiger partial charge is 0.356 e. The van der Waals surface area contributed by atoms with E-state index in [2.05, 4.69) is 32.7 Å². The fraction of sp³-hybridized carbons (Fsp3) is 0.769. The Morgan fingerprint density at radius 1 is 1.47 bits per heavy atom. The first kappa shape index (κ1) is 13.8. The van der Waals surface area contributed by atoms with Crippen LogP contribution in [0.25, 0.3) is 0 Å². The van der Waals surface area contributed by atoms with E-state index in [0.717, 1.165) is 18.3 Å². The summed E-state index contributed by atoms with van der Waals surface area (Å²) in [4.78, 5) is 4.25. The summed E-state index contributed by atoms with van der Waals surface area (Å²) in [6.45, 7) is 3.91. The summed E-state index contributed by atoms with van der Waals surface area (Å²) in [5.74, 6) is 1.74. The molecule has 1 aromatic rings. The summed E-state index contributed by atoms with van der Waals surface area (Å²) in [6, 6.07) is 0. The molecule has 6 heteroatoms. The molecule has 0 amide bonds. The number of hydrogen-bond donors (Lipinski definition) is 2. The molecule has 0 aromatic carbocycles. The van der Waals surface area contributed by atoms with Crippen molar-refractivity contribution in [1.82, 2.24) is 25.4 Å². The van der Waals surface area contributed by atoms with Gasteiger partial charge in [0, 0.05) is 20.6 Å². The monoisotopic (exact) mass is 264 g/mol. The molecule has 2 N–H and O–H groups in total. The third kappa shape index (κ3) is 3.24. The van der Waals surface area contributed by atoms with E-state index in [1.54, 1.807) is 13.4 Å². The van der Waals surface area contributed by atoms with Gasteiger partial charge in [0.2, 0.25) is 0 Å². The number of nitrogens with one attached hydrogen (secondary N) is 2. The van der Waals surface area contributed by atoms with Crippen LogP contribution in [0.4, 0.5) is 0 Å². The molecule has 6 nitrogen and oxygen atoms in total. The molecule has 1 aliphatic carbocycles. The van der Waals surface area contributed by atoms with Gasteiger partial charge in [0.1, 0.15) is 6.33 Å². The van der Waals surface area contributed by atoms with Gasteiger partial charge >= 0.3 is 0 Å². The third-order valence-corrected chi connectivity index (χ3v) is 4.24. The highest BCUT2D eigenvalue weighted by atomic mass is 15.3. The molecule has 106 valence electrons. The fourth-order valence-electron chi connectivity index (χ4n) is 2.45. The van der Waals surface area contributed by atoms with E-state index < -0.39 is 0 Å². The van der Waals surface area contributed by atoms with E-state index in [1.807, 2.05) is 11.6 Å². The van der Waals surface area contributed by atoms with Crippen molar-refractivity contribution in [3.8, 4) is 0 Å². The Balaban J connectivity index is 1.79. The van der Waals surface area contributed by atoms with Crippen molar-refractivity contribution in [2.75, 3.05) is 13.6 Å². The van der Waals surface area contributed by atoms with E-state index in [4.69, 9.17) is 0 Å². The predicted molar refractivity (Wildman–Crippen MR) is 75.8 cm³/mol. The van der Waals surface area contributed by atoms with E-state index in [-0.39, 0.29) is 0 Å². The molecule has 2 rings (SSSR count). The van der Waals surface area contributed by atoms with Gasteiger partial charge in [-0.15, -0.1) is 10.2 Å². The van der Waals surface area contributed by atoms with E-state index in [1.165, 1.54) is 25.7 Å². The molecule has 1 heterocycles. The number of guanidine groups is 1. The average Bonchev–Trinajstić information content (AvgIpc) is 2.78. The summed E-state index contributed by atoms with van der Waals surface area (Å²) in [7, 11) is 3.74. The summed E-state index contributed by atoms with van der Waals surface area (Å²) < 4.78 is 1.90. The first-order chi connectivity index (χ1) is 9.19. The number of aliphatic imine (C=N–C) groups is 1. The van der Waals surface area contributed by atoms with Gasteiger partial charge in [0.05, 0.1) is 6.54 Å². The van der Waals surface area contributed by atoms with E-state index in [9.17, 15) is 0 Å². The highest BCUT2D eigenvalue weighted by Gasteiger charge is 2.34. The van der Waals surface area contributed by atoms with Crippen LogP contribution in [0, 0.1) is 5.41 Å². The second-order valence-electron chi connectivity index (χ2n) is 5.34. The van der Waals surface area contributed by atoms with E-state index >= 15 is 0 Å². The minimum atomic E-state index is 0.488. The summed E-state index contributed by atoms with van der Waals surface area (Å²) in [6.07, 6.45) is 6.96. The molecule has 1 saturated carbocycles. The fourth-order valence-corrected chi connectivity index (χ4v) is 2.45. The third-order valence-electron chi connectivity index (χ3n) is 4.24. The Hall–Kier alpha value is -1.59. The van der Waals surface area contributed by atoms with Crippen LogP contribution in [0.2, 0.25) is 0 Å². The lowest BCUT2D eigenvalue weighted by Gasteiger charge is -2.41. The maximum Gasteiger partial charge on any atom is 0.191 e. The van der Waals surface area contributed by atoms with Crippen LogP contribution in [0.1, 0.15) is 38.4 Å². The molecule has 1 fully saturated rings. The molecule has 0 bridgehead atoms. The van der Waals surface area contributed by atoms with Crippen LogP contribution in [-0.2, 0) is 13.6 Å².